The zero-order valence-electron chi connectivity index (χ0n) is 18.1. The van der Waals surface area contributed by atoms with Crippen LogP contribution in [-0.2, 0) is 19.1 Å². The molecule has 8 nitrogen and oxygen atoms in total. The lowest BCUT2D eigenvalue weighted by Crippen LogP contribution is -2.39. The summed E-state index contributed by atoms with van der Waals surface area (Å²) in [7, 11) is 0. The molecule has 0 radical (unpaired) electrons. The summed E-state index contributed by atoms with van der Waals surface area (Å²) in [6.45, 7) is 11.5. The third-order valence-electron chi connectivity index (χ3n) is 5.30. The Balaban J connectivity index is 1.88. The zero-order chi connectivity index (χ0) is 21.4. The van der Waals surface area contributed by atoms with Gasteiger partial charge in [0.1, 0.15) is 0 Å². The molecule has 0 bridgehead atoms. The van der Waals surface area contributed by atoms with Crippen molar-refractivity contribution in [1.82, 2.24) is 19.9 Å². The maximum absolute atomic E-state index is 12.6. The van der Waals surface area contributed by atoms with Crippen LogP contribution in [0.1, 0.15) is 65.6 Å². The molecule has 0 aliphatic carbocycles. The van der Waals surface area contributed by atoms with Gasteiger partial charge in [-0.15, -0.1) is 5.10 Å². The number of esters is 1. The van der Waals surface area contributed by atoms with Gasteiger partial charge in [-0.25, -0.2) is 9.48 Å². The summed E-state index contributed by atoms with van der Waals surface area (Å²) in [4.78, 5) is 25.7. The lowest BCUT2D eigenvalue weighted by molar-refractivity contribution is -0.139. The highest BCUT2D eigenvalue weighted by atomic mass is 16.5. The predicted molar refractivity (Wildman–Crippen MR) is 108 cm³/mol. The molecular weight excluding hydrogens is 372 g/mol. The van der Waals surface area contributed by atoms with E-state index in [1.165, 1.54) is 0 Å². The maximum atomic E-state index is 12.6. The van der Waals surface area contributed by atoms with Crippen molar-refractivity contribution in [2.45, 2.75) is 72.1 Å². The standard InChI is InChI=1S/C21H32N4O4/c1-6-24(7-2)21(27)16(5)19-11-10-18(29-19)13-15(4)25-14-17(22-23-25)9-12-20(26)28-8-3/h14-16,18-19H,6-8,10-11,13H2,1-5H3/t15-,16-,18+,19-/m1/s1. The molecule has 0 unspecified atom stereocenters. The van der Waals surface area contributed by atoms with E-state index in [2.05, 4.69) is 22.2 Å². The Kier molecular flexibility index (Phi) is 8.65. The van der Waals surface area contributed by atoms with Crippen molar-refractivity contribution < 1.29 is 19.1 Å². The highest BCUT2D eigenvalue weighted by molar-refractivity contribution is 5.88. The number of carbonyl (C=O) groups excluding carboxylic acids is 2. The molecule has 8 heteroatoms. The molecule has 1 aliphatic heterocycles. The predicted octanol–water partition coefficient (Wildman–Crippen LogP) is 2.20. The fraction of sp³-hybridized carbons (Fsp3) is 0.714. The van der Waals surface area contributed by atoms with Gasteiger partial charge in [-0.05, 0) is 52.9 Å². The Bertz CT molecular complexity index is 747. The molecule has 1 amide bonds. The topological polar surface area (TPSA) is 86.5 Å². The molecule has 1 saturated heterocycles. The van der Waals surface area contributed by atoms with Gasteiger partial charge in [0.25, 0.3) is 0 Å². The number of rotatable bonds is 8. The van der Waals surface area contributed by atoms with E-state index in [0.717, 1.165) is 32.4 Å². The Morgan fingerprint density at radius 1 is 1.31 bits per heavy atom. The van der Waals surface area contributed by atoms with E-state index in [1.807, 2.05) is 32.6 Å². The smallest absolute Gasteiger partial charge is 0.384 e. The first-order chi connectivity index (χ1) is 13.9. The Morgan fingerprint density at radius 2 is 2.03 bits per heavy atom. The molecule has 29 heavy (non-hydrogen) atoms. The first-order valence-corrected chi connectivity index (χ1v) is 10.4. The monoisotopic (exact) mass is 404 g/mol. The van der Waals surface area contributed by atoms with Crippen LogP contribution in [0.15, 0.2) is 6.20 Å². The van der Waals surface area contributed by atoms with Gasteiger partial charge in [-0.3, -0.25) is 4.79 Å². The summed E-state index contributed by atoms with van der Waals surface area (Å²) < 4.78 is 12.7. The molecule has 0 spiro atoms. The van der Waals surface area contributed by atoms with E-state index in [0.29, 0.717) is 12.3 Å². The average Bonchev–Trinajstić information content (AvgIpc) is 3.36. The summed E-state index contributed by atoms with van der Waals surface area (Å²) in [5.41, 5.74) is 0.425. The van der Waals surface area contributed by atoms with Crippen molar-refractivity contribution in [3.8, 4) is 11.8 Å². The Morgan fingerprint density at radius 3 is 2.69 bits per heavy atom. The van der Waals surface area contributed by atoms with Gasteiger partial charge in [0.2, 0.25) is 5.91 Å². The highest BCUT2D eigenvalue weighted by Crippen LogP contribution is 2.30. The van der Waals surface area contributed by atoms with Gasteiger partial charge >= 0.3 is 5.97 Å². The molecule has 0 N–H and O–H groups in total. The van der Waals surface area contributed by atoms with Crippen molar-refractivity contribution in [2.24, 2.45) is 5.92 Å². The number of ether oxygens (including phenoxy) is 2. The quantitative estimate of drug-likeness (QED) is 0.488. The summed E-state index contributed by atoms with van der Waals surface area (Å²) in [5, 5.41) is 8.09. The first kappa shape index (κ1) is 22.9. The lowest BCUT2D eigenvalue weighted by atomic mass is 9.99. The minimum atomic E-state index is -0.575. The molecule has 0 aromatic carbocycles. The van der Waals surface area contributed by atoms with Crippen molar-refractivity contribution in [3.05, 3.63) is 11.9 Å². The third-order valence-corrected chi connectivity index (χ3v) is 5.30. The van der Waals surface area contributed by atoms with Crippen molar-refractivity contribution in [2.75, 3.05) is 19.7 Å². The number of hydrogen-bond donors (Lipinski definition) is 0. The second kappa shape index (κ2) is 11.0. The Labute approximate surface area is 172 Å². The van der Waals surface area contributed by atoms with Crippen LogP contribution in [-0.4, -0.2) is 63.7 Å². The molecular formula is C21H32N4O4. The molecule has 1 aromatic rings. The van der Waals surface area contributed by atoms with Gasteiger partial charge in [0.15, 0.2) is 5.69 Å². The number of amides is 1. The van der Waals surface area contributed by atoms with Gasteiger partial charge in [0.05, 0.1) is 37.0 Å². The van der Waals surface area contributed by atoms with Gasteiger partial charge in [-0.2, -0.15) is 0 Å². The van der Waals surface area contributed by atoms with Crippen LogP contribution in [0.3, 0.4) is 0 Å². The van der Waals surface area contributed by atoms with Crippen LogP contribution in [0.2, 0.25) is 0 Å². The summed E-state index contributed by atoms with van der Waals surface area (Å²) >= 11 is 0. The zero-order valence-corrected chi connectivity index (χ0v) is 18.1. The number of nitrogens with zero attached hydrogens (tertiary/aromatic N) is 4. The molecule has 1 aliphatic rings. The van der Waals surface area contributed by atoms with Gasteiger partial charge in [-0.1, -0.05) is 12.1 Å². The van der Waals surface area contributed by atoms with Crippen LogP contribution in [0.5, 0.6) is 0 Å². The van der Waals surface area contributed by atoms with Crippen molar-refractivity contribution in [1.29, 1.82) is 0 Å². The van der Waals surface area contributed by atoms with Crippen LogP contribution in [0.25, 0.3) is 0 Å². The van der Waals surface area contributed by atoms with Gasteiger partial charge < -0.3 is 14.4 Å². The van der Waals surface area contributed by atoms with Crippen molar-refractivity contribution in [3.63, 3.8) is 0 Å². The third kappa shape index (κ3) is 6.29. The normalized spacial score (nSPS) is 20.4. The molecule has 2 heterocycles. The summed E-state index contributed by atoms with van der Waals surface area (Å²) in [6, 6.07) is 0.0678. The molecule has 1 aromatic heterocycles. The number of carbonyl (C=O) groups is 2. The van der Waals surface area contributed by atoms with Crippen LogP contribution >= 0.6 is 0 Å². The molecule has 0 saturated carbocycles. The largest absolute Gasteiger partial charge is 0.456 e. The number of hydrogen-bond acceptors (Lipinski definition) is 6. The fourth-order valence-corrected chi connectivity index (χ4v) is 3.58. The Hall–Kier alpha value is -2.40. The van der Waals surface area contributed by atoms with Crippen LogP contribution in [0, 0.1) is 17.8 Å². The van der Waals surface area contributed by atoms with Crippen LogP contribution in [0.4, 0.5) is 0 Å². The summed E-state index contributed by atoms with van der Waals surface area (Å²) in [5.74, 6) is 4.50. The van der Waals surface area contributed by atoms with E-state index in [9.17, 15) is 9.59 Å². The highest BCUT2D eigenvalue weighted by Gasteiger charge is 2.35. The molecule has 1 fully saturated rings. The maximum Gasteiger partial charge on any atom is 0.384 e. The van der Waals surface area contributed by atoms with E-state index >= 15 is 0 Å². The second-order valence-electron chi connectivity index (χ2n) is 7.31. The van der Waals surface area contributed by atoms with E-state index in [-0.39, 0.29) is 30.1 Å². The first-order valence-electron chi connectivity index (χ1n) is 10.4. The van der Waals surface area contributed by atoms with E-state index in [1.54, 1.807) is 17.8 Å². The SMILES string of the molecule is CCOC(=O)C#Cc1cn([C@H](C)C[C@@H]2CC[C@H]([C@@H](C)C(=O)N(CC)CC)O2)nn1. The minimum absolute atomic E-state index is 0.0398. The lowest BCUT2D eigenvalue weighted by Gasteiger charge is -2.26. The molecule has 160 valence electrons. The summed E-state index contributed by atoms with van der Waals surface area (Å²) in [6.07, 6.45) is 4.35. The van der Waals surface area contributed by atoms with Gasteiger partial charge in [0, 0.05) is 19.0 Å². The molecule has 2 rings (SSSR count). The van der Waals surface area contributed by atoms with Crippen molar-refractivity contribution >= 4 is 11.9 Å². The van der Waals surface area contributed by atoms with Crippen LogP contribution < -0.4 is 0 Å². The minimum Gasteiger partial charge on any atom is -0.456 e. The average molecular weight is 405 g/mol. The van der Waals surface area contributed by atoms with E-state index in [4.69, 9.17) is 9.47 Å². The fourth-order valence-electron chi connectivity index (χ4n) is 3.58. The second-order valence-corrected chi connectivity index (χ2v) is 7.31. The van der Waals surface area contributed by atoms with E-state index < -0.39 is 5.97 Å². The number of aromatic nitrogens is 3. The molecule has 4 atom stereocenters.